The topological polar surface area (TPSA) is 148 Å². The zero-order valence-corrected chi connectivity index (χ0v) is 17.8. The van der Waals surface area contributed by atoms with Gasteiger partial charge in [-0.05, 0) is 61.2 Å². The Balaban J connectivity index is 2.22. The smallest absolute Gasteiger partial charge is 0.328 e. The van der Waals surface area contributed by atoms with Crippen LogP contribution in [-0.4, -0.2) is 33.4 Å². The summed E-state index contributed by atoms with van der Waals surface area (Å²) in [4.78, 5) is 25.8. The standard InChI is InChI=1S/C22H25N5O4/c1-14(11-19(28)29)9-10-22(31)15(2)12-18(13-21(22,3)4)24-26-20(30)16-5-7-17(8-6-16)25-27-23/h5-12,31H,13H2,1-4H3,(H,26,30)(H,28,29)/b10-9+,14-11-,24-18+/t22-/m1/s1. The van der Waals surface area contributed by atoms with Crippen molar-refractivity contribution in [2.45, 2.75) is 39.7 Å². The third kappa shape index (κ3) is 5.69. The summed E-state index contributed by atoms with van der Waals surface area (Å²) in [6.45, 7) is 7.14. The maximum Gasteiger partial charge on any atom is 0.328 e. The van der Waals surface area contributed by atoms with E-state index in [0.717, 1.165) is 6.08 Å². The van der Waals surface area contributed by atoms with Crippen LogP contribution in [-0.2, 0) is 4.79 Å². The number of rotatable bonds is 6. The minimum absolute atomic E-state index is 0.358. The van der Waals surface area contributed by atoms with Gasteiger partial charge in [-0.25, -0.2) is 10.2 Å². The number of carboxylic acids is 1. The van der Waals surface area contributed by atoms with Crippen LogP contribution in [0.5, 0.6) is 0 Å². The van der Waals surface area contributed by atoms with E-state index in [2.05, 4.69) is 20.6 Å². The molecule has 1 aliphatic carbocycles. The van der Waals surface area contributed by atoms with Gasteiger partial charge in [0.15, 0.2) is 0 Å². The lowest BCUT2D eigenvalue weighted by atomic mass is 9.64. The quantitative estimate of drug-likeness (QED) is 0.155. The molecule has 1 atom stereocenters. The lowest BCUT2D eigenvalue weighted by Gasteiger charge is -2.44. The average molecular weight is 423 g/mol. The average Bonchev–Trinajstić information content (AvgIpc) is 2.69. The molecule has 162 valence electrons. The van der Waals surface area contributed by atoms with E-state index < -0.39 is 22.9 Å². The summed E-state index contributed by atoms with van der Waals surface area (Å²) in [5, 5.41) is 27.8. The van der Waals surface area contributed by atoms with Crippen LogP contribution >= 0.6 is 0 Å². The van der Waals surface area contributed by atoms with Crippen LogP contribution in [0.15, 0.2) is 69.9 Å². The van der Waals surface area contributed by atoms with Gasteiger partial charge < -0.3 is 10.2 Å². The minimum Gasteiger partial charge on any atom is -0.478 e. The fourth-order valence-electron chi connectivity index (χ4n) is 3.37. The van der Waals surface area contributed by atoms with Crippen molar-refractivity contribution in [1.29, 1.82) is 0 Å². The maximum absolute atomic E-state index is 12.3. The summed E-state index contributed by atoms with van der Waals surface area (Å²) in [6.07, 6.45) is 6.32. The minimum atomic E-state index is -1.30. The van der Waals surface area contributed by atoms with Crippen molar-refractivity contribution in [3.63, 3.8) is 0 Å². The first-order valence-electron chi connectivity index (χ1n) is 9.52. The number of amides is 1. The van der Waals surface area contributed by atoms with E-state index in [1.165, 1.54) is 24.3 Å². The maximum atomic E-state index is 12.3. The lowest BCUT2D eigenvalue weighted by Crippen LogP contribution is -2.48. The molecule has 9 heteroatoms. The highest BCUT2D eigenvalue weighted by atomic mass is 16.4. The molecule has 2 rings (SSSR count). The molecule has 1 amide bonds. The zero-order chi connectivity index (χ0) is 23.2. The van der Waals surface area contributed by atoms with E-state index in [9.17, 15) is 14.7 Å². The Morgan fingerprint density at radius 1 is 1.26 bits per heavy atom. The first kappa shape index (κ1) is 23.6. The zero-order valence-electron chi connectivity index (χ0n) is 17.8. The van der Waals surface area contributed by atoms with E-state index in [0.29, 0.717) is 34.5 Å². The van der Waals surface area contributed by atoms with Gasteiger partial charge in [0.2, 0.25) is 0 Å². The summed E-state index contributed by atoms with van der Waals surface area (Å²) in [5.74, 6) is -1.47. The third-order valence-corrected chi connectivity index (χ3v) is 5.17. The molecule has 0 aromatic heterocycles. The Morgan fingerprint density at radius 3 is 2.45 bits per heavy atom. The number of hydrazone groups is 1. The van der Waals surface area contributed by atoms with Gasteiger partial charge in [-0.2, -0.15) is 5.10 Å². The highest BCUT2D eigenvalue weighted by molar-refractivity contribution is 6.00. The summed E-state index contributed by atoms with van der Waals surface area (Å²) >= 11 is 0. The molecule has 0 unspecified atom stereocenters. The molecule has 0 saturated carbocycles. The molecule has 9 nitrogen and oxygen atoms in total. The van der Waals surface area contributed by atoms with E-state index >= 15 is 0 Å². The van der Waals surface area contributed by atoms with Crippen molar-refractivity contribution in [2.24, 2.45) is 15.6 Å². The largest absolute Gasteiger partial charge is 0.478 e. The second-order valence-electron chi connectivity index (χ2n) is 7.99. The molecule has 3 N–H and O–H groups in total. The van der Waals surface area contributed by atoms with Gasteiger partial charge in [0.25, 0.3) is 5.91 Å². The van der Waals surface area contributed by atoms with Crippen molar-refractivity contribution < 1.29 is 19.8 Å². The molecule has 0 spiro atoms. The van der Waals surface area contributed by atoms with Crippen LogP contribution in [0.1, 0.15) is 44.5 Å². The van der Waals surface area contributed by atoms with Gasteiger partial charge in [0.05, 0.1) is 5.71 Å². The van der Waals surface area contributed by atoms with E-state index in [1.54, 1.807) is 32.1 Å². The summed E-state index contributed by atoms with van der Waals surface area (Å²) in [6, 6.07) is 6.12. The molecule has 1 aliphatic rings. The molecular formula is C22H25N5O4. The fraction of sp³-hybridized carbons (Fsp3) is 0.318. The summed E-state index contributed by atoms with van der Waals surface area (Å²) < 4.78 is 0. The van der Waals surface area contributed by atoms with Crippen LogP contribution in [0.2, 0.25) is 0 Å². The Morgan fingerprint density at radius 2 is 1.90 bits per heavy atom. The highest BCUT2D eigenvalue weighted by Crippen LogP contribution is 2.44. The Bertz CT molecular complexity index is 1040. The first-order valence-corrected chi connectivity index (χ1v) is 9.52. The number of hydrogen-bond acceptors (Lipinski definition) is 5. The lowest BCUT2D eigenvalue weighted by molar-refractivity contribution is -0.131. The molecule has 0 fully saturated rings. The van der Waals surface area contributed by atoms with Crippen molar-refractivity contribution in [2.75, 3.05) is 0 Å². The summed E-state index contributed by atoms with van der Waals surface area (Å²) in [7, 11) is 0. The normalized spacial score (nSPS) is 22.0. The number of carbonyl (C=O) groups excluding carboxylic acids is 1. The van der Waals surface area contributed by atoms with Gasteiger partial charge >= 0.3 is 5.97 Å². The van der Waals surface area contributed by atoms with Crippen LogP contribution in [0, 0.1) is 5.41 Å². The number of aliphatic hydroxyl groups is 1. The highest BCUT2D eigenvalue weighted by Gasteiger charge is 2.46. The Kier molecular flexibility index (Phi) is 7.17. The van der Waals surface area contributed by atoms with Crippen molar-refractivity contribution in [3.8, 4) is 0 Å². The number of carboxylic acid groups (broad SMARTS) is 1. The monoisotopic (exact) mass is 423 g/mol. The van der Waals surface area contributed by atoms with Gasteiger partial charge in [0.1, 0.15) is 5.60 Å². The number of benzene rings is 1. The number of azide groups is 1. The molecule has 0 bridgehead atoms. The second-order valence-corrected chi connectivity index (χ2v) is 7.99. The SMILES string of the molecule is CC1=C/C(=N\NC(=O)c2ccc(N=[N+]=[N-])cc2)CC(C)(C)[C@@]1(O)/C=C/C(C)=C\C(=O)O. The predicted molar refractivity (Wildman–Crippen MR) is 118 cm³/mol. The van der Waals surface area contributed by atoms with E-state index in [4.69, 9.17) is 10.6 Å². The van der Waals surface area contributed by atoms with Crippen molar-refractivity contribution in [1.82, 2.24) is 5.43 Å². The molecule has 1 aromatic carbocycles. The van der Waals surface area contributed by atoms with Gasteiger partial charge in [0, 0.05) is 27.7 Å². The van der Waals surface area contributed by atoms with Crippen molar-refractivity contribution >= 4 is 23.3 Å². The number of carbonyl (C=O) groups is 2. The van der Waals surface area contributed by atoms with Gasteiger partial charge in [-0.15, -0.1) is 0 Å². The van der Waals surface area contributed by atoms with Gasteiger partial charge in [-0.3, -0.25) is 4.79 Å². The Hall–Kier alpha value is -3.68. The van der Waals surface area contributed by atoms with E-state index in [-0.39, 0.29) is 0 Å². The van der Waals surface area contributed by atoms with Crippen LogP contribution in [0.3, 0.4) is 0 Å². The first-order chi connectivity index (χ1) is 14.5. The van der Waals surface area contributed by atoms with Crippen LogP contribution < -0.4 is 5.43 Å². The number of nitrogens with one attached hydrogen (secondary N) is 1. The van der Waals surface area contributed by atoms with Crippen molar-refractivity contribution in [3.05, 3.63) is 75.7 Å². The third-order valence-electron chi connectivity index (χ3n) is 5.17. The Labute approximate surface area is 180 Å². The molecule has 1 aromatic rings. The molecule has 0 radical (unpaired) electrons. The molecule has 0 saturated heterocycles. The number of allylic oxidation sites excluding steroid dienone is 3. The fourth-order valence-corrected chi connectivity index (χ4v) is 3.37. The molecular weight excluding hydrogens is 398 g/mol. The molecule has 0 aliphatic heterocycles. The number of hydrogen-bond donors (Lipinski definition) is 3. The summed E-state index contributed by atoms with van der Waals surface area (Å²) in [5.41, 5.74) is 11.4. The molecule has 0 heterocycles. The second kappa shape index (κ2) is 9.42. The van der Waals surface area contributed by atoms with Crippen LogP contribution in [0.4, 0.5) is 5.69 Å². The molecule has 31 heavy (non-hydrogen) atoms. The van der Waals surface area contributed by atoms with Gasteiger partial charge in [-0.1, -0.05) is 37.2 Å². The van der Waals surface area contributed by atoms with Crippen LogP contribution in [0.25, 0.3) is 10.4 Å². The number of aliphatic carboxylic acids is 1. The van der Waals surface area contributed by atoms with E-state index in [1.807, 2.05) is 13.8 Å². The number of nitrogens with zero attached hydrogens (tertiary/aromatic N) is 4. The predicted octanol–water partition coefficient (Wildman–Crippen LogP) is 4.41.